The number of morpholine rings is 1. The van der Waals surface area contributed by atoms with E-state index in [1.54, 1.807) is 41.4 Å². The molecule has 2 heterocycles. The summed E-state index contributed by atoms with van der Waals surface area (Å²) < 4.78 is 25.2. The van der Waals surface area contributed by atoms with Gasteiger partial charge < -0.3 is 14.4 Å². The minimum absolute atomic E-state index is 0.0365. The molecular weight excluding hydrogens is 467 g/mol. The van der Waals surface area contributed by atoms with E-state index in [-0.39, 0.29) is 36.0 Å². The summed E-state index contributed by atoms with van der Waals surface area (Å²) in [5, 5.41) is 1.15. The van der Waals surface area contributed by atoms with Gasteiger partial charge in [-0.3, -0.25) is 14.6 Å². The van der Waals surface area contributed by atoms with E-state index in [2.05, 4.69) is 4.98 Å². The zero-order valence-corrected chi connectivity index (χ0v) is 19.5. The third kappa shape index (κ3) is 5.82. The molecule has 1 aliphatic rings. The SMILES string of the molecule is CC(=O)c1cc(Cl)ccc1OCC1CN(C(=O)CSc2ccnc3ccc(F)cc23)CCO1. The molecule has 0 aliphatic carbocycles. The number of benzene rings is 2. The van der Waals surface area contributed by atoms with Gasteiger partial charge in [0.1, 0.15) is 24.3 Å². The van der Waals surface area contributed by atoms with Crippen LogP contribution >= 0.6 is 23.4 Å². The molecule has 0 radical (unpaired) electrons. The number of hydrogen-bond donors (Lipinski definition) is 0. The lowest BCUT2D eigenvalue weighted by atomic mass is 10.1. The van der Waals surface area contributed by atoms with Gasteiger partial charge in [0.2, 0.25) is 5.91 Å². The van der Waals surface area contributed by atoms with Crippen molar-refractivity contribution < 1.29 is 23.5 Å². The first kappa shape index (κ1) is 23.5. The molecule has 0 saturated carbocycles. The second-order valence-corrected chi connectivity index (χ2v) is 9.05. The molecule has 6 nitrogen and oxygen atoms in total. The molecule has 1 atom stereocenters. The van der Waals surface area contributed by atoms with E-state index in [1.807, 2.05) is 0 Å². The lowest BCUT2D eigenvalue weighted by Gasteiger charge is -2.33. The molecule has 0 spiro atoms. The van der Waals surface area contributed by atoms with E-state index in [1.165, 1.54) is 30.8 Å². The van der Waals surface area contributed by atoms with E-state index < -0.39 is 0 Å². The number of ether oxygens (including phenoxy) is 2. The predicted octanol–water partition coefficient (Wildman–Crippen LogP) is 4.63. The maximum Gasteiger partial charge on any atom is 0.233 e. The average Bonchev–Trinajstić information content (AvgIpc) is 2.81. The summed E-state index contributed by atoms with van der Waals surface area (Å²) in [6.45, 7) is 2.92. The zero-order valence-electron chi connectivity index (χ0n) is 17.9. The monoisotopic (exact) mass is 488 g/mol. The maximum atomic E-state index is 13.7. The Morgan fingerprint density at radius 1 is 1.27 bits per heavy atom. The van der Waals surface area contributed by atoms with Gasteiger partial charge in [0.15, 0.2) is 5.78 Å². The third-order valence-electron chi connectivity index (χ3n) is 5.25. The first-order chi connectivity index (χ1) is 15.9. The van der Waals surface area contributed by atoms with Crippen molar-refractivity contribution in [2.24, 2.45) is 0 Å². The molecule has 1 fully saturated rings. The van der Waals surface area contributed by atoms with Gasteiger partial charge in [-0.1, -0.05) is 11.6 Å². The van der Waals surface area contributed by atoms with Crippen molar-refractivity contribution in [3.63, 3.8) is 0 Å². The fourth-order valence-corrected chi connectivity index (χ4v) is 4.69. The van der Waals surface area contributed by atoms with Crippen molar-refractivity contribution in [1.82, 2.24) is 9.88 Å². The predicted molar refractivity (Wildman–Crippen MR) is 126 cm³/mol. The van der Waals surface area contributed by atoms with Crippen LogP contribution in [-0.4, -0.2) is 59.7 Å². The van der Waals surface area contributed by atoms with Crippen LogP contribution in [-0.2, 0) is 9.53 Å². The smallest absolute Gasteiger partial charge is 0.233 e. The first-order valence-electron chi connectivity index (χ1n) is 10.4. The second-order valence-electron chi connectivity index (χ2n) is 7.60. The third-order valence-corrected chi connectivity index (χ3v) is 6.55. The lowest BCUT2D eigenvalue weighted by Crippen LogP contribution is -2.48. The summed E-state index contributed by atoms with van der Waals surface area (Å²) in [7, 11) is 0. The second kappa shape index (κ2) is 10.5. The van der Waals surface area contributed by atoms with Crippen LogP contribution in [0.25, 0.3) is 10.9 Å². The van der Waals surface area contributed by atoms with Crippen molar-refractivity contribution in [2.45, 2.75) is 17.9 Å². The van der Waals surface area contributed by atoms with Gasteiger partial charge in [-0.25, -0.2) is 4.39 Å². The number of carbonyl (C=O) groups is 2. The number of amides is 1. The Kier molecular flexibility index (Phi) is 7.47. The Labute approximate surface area is 200 Å². The molecule has 0 N–H and O–H groups in total. The average molecular weight is 489 g/mol. The molecule has 3 aromatic rings. The fourth-order valence-electron chi connectivity index (χ4n) is 3.58. The Balaban J connectivity index is 1.35. The standard InChI is InChI=1S/C24H22ClFN2O4S/c1-15(29)19-10-16(25)2-5-22(19)32-13-18-12-28(8-9-31-18)24(30)14-33-23-6-7-27-21-4-3-17(26)11-20(21)23/h2-7,10-11,18H,8-9,12-14H2,1H3. The van der Waals surface area contributed by atoms with Crippen LogP contribution in [0.3, 0.4) is 0 Å². The number of ketones is 1. The number of thioether (sulfide) groups is 1. The zero-order chi connectivity index (χ0) is 23.4. The van der Waals surface area contributed by atoms with E-state index in [0.717, 1.165) is 4.90 Å². The number of hydrogen-bond acceptors (Lipinski definition) is 6. The van der Waals surface area contributed by atoms with Crippen molar-refractivity contribution in [2.75, 3.05) is 32.1 Å². The molecule has 9 heteroatoms. The molecular formula is C24H22ClFN2O4S. The van der Waals surface area contributed by atoms with Crippen LogP contribution in [0, 0.1) is 5.82 Å². The highest BCUT2D eigenvalue weighted by Gasteiger charge is 2.25. The van der Waals surface area contributed by atoms with Gasteiger partial charge in [0.25, 0.3) is 0 Å². The molecule has 1 amide bonds. The largest absolute Gasteiger partial charge is 0.490 e. The molecule has 1 aliphatic heterocycles. The number of fused-ring (bicyclic) bond motifs is 1. The number of Topliss-reactive ketones (excluding diaryl/α,β-unsaturated/α-hetero) is 1. The molecule has 1 aromatic heterocycles. The van der Waals surface area contributed by atoms with E-state index in [4.69, 9.17) is 21.1 Å². The van der Waals surface area contributed by atoms with Gasteiger partial charge in [-0.05, 0) is 49.4 Å². The minimum atomic E-state index is -0.340. The molecule has 33 heavy (non-hydrogen) atoms. The Morgan fingerprint density at radius 2 is 2.12 bits per heavy atom. The Morgan fingerprint density at radius 3 is 2.94 bits per heavy atom. The molecule has 2 aromatic carbocycles. The topological polar surface area (TPSA) is 68.7 Å². The van der Waals surface area contributed by atoms with E-state index >= 15 is 0 Å². The van der Waals surface area contributed by atoms with Crippen LogP contribution in [0.1, 0.15) is 17.3 Å². The van der Waals surface area contributed by atoms with Crippen molar-refractivity contribution >= 4 is 46.0 Å². The van der Waals surface area contributed by atoms with Gasteiger partial charge in [0, 0.05) is 28.0 Å². The highest BCUT2D eigenvalue weighted by Crippen LogP contribution is 2.28. The summed E-state index contributed by atoms with van der Waals surface area (Å²) in [6, 6.07) is 11.1. The van der Waals surface area contributed by atoms with Gasteiger partial charge in [-0.15, -0.1) is 11.8 Å². The first-order valence-corrected chi connectivity index (χ1v) is 11.8. The van der Waals surface area contributed by atoms with Crippen LogP contribution in [0.2, 0.25) is 5.02 Å². The molecule has 4 rings (SSSR count). The van der Waals surface area contributed by atoms with Crippen LogP contribution < -0.4 is 4.74 Å². The summed E-state index contributed by atoms with van der Waals surface area (Å²) >= 11 is 7.34. The summed E-state index contributed by atoms with van der Waals surface area (Å²) in [5.74, 6) is 0.133. The van der Waals surface area contributed by atoms with E-state index in [9.17, 15) is 14.0 Å². The van der Waals surface area contributed by atoms with Crippen molar-refractivity contribution in [3.8, 4) is 5.75 Å². The van der Waals surface area contributed by atoms with Crippen LogP contribution in [0.4, 0.5) is 4.39 Å². The Bertz CT molecular complexity index is 1190. The summed E-state index contributed by atoms with van der Waals surface area (Å²) in [4.78, 5) is 31.5. The van der Waals surface area contributed by atoms with Crippen molar-refractivity contribution in [1.29, 1.82) is 0 Å². The highest BCUT2D eigenvalue weighted by atomic mass is 35.5. The number of rotatable bonds is 7. The molecule has 1 unspecified atom stereocenters. The van der Waals surface area contributed by atoms with Gasteiger partial charge >= 0.3 is 0 Å². The molecule has 172 valence electrons. The highest BCUT2D eigenvalue weighted by molar-refractivity contribution is 8.00. The number of aromatic nitrogens is 1. The molecule has 0 bridgehead atoms. The maximum absolute atomic E-state index is 13.7. The number of halogens is 2. The van der Waals surface area contributed by atoms with Crippen LogP contribution in [0.5, 0.6) is 5.75 Å². The normalized spacial score (nSPS) is 16.1. The summed E-state index contributed by atoms with van der Waals surface area (Å²) in [6.07, 6.45) is 1.33. The fraction of sp³-hybridized carbons (Fsp3) is 0.292. The van der Waals surface area contributed by atoms with Crippen LogP contribution in [0.15, 0.2) is 53.6 Å². The van der Waals surface area contributed by atoms with Gasteiger partial charge in [0.05, 0.1) is 30.0 Å². The summed E-state index contributed by atoms with van der Waals surface area (Å²) in [5.41, 5.74) is 1.09. The number of nitrogens with zero attached hydrogens (tertiary/aromatic N) is 2. The number of carbonyl (C=O) groups excluding carboxylic acids is 2. The van der Waals surface area contributed by atoms with Gasteiger partial charge in [-0.2, -0.15) is 0 Å². The van der Waals surface area contributed by atoms with E-state index in [0.29, 0.717) is 46.9 Å². The Hall–Kier alpha value is -2.68. The lowest BCUT2D eigenvalue weighted by molar-refractivity contribution is -0.137. The minimum Gasteiger partial charge on any atom is -0.490 e. The number of pyridine rings is 1. The van der Waals surface area contributed by atoms with Crippen molar-refractivity contribution in [3.05, 3.63) is 65.1 Å². The quantitative estimate of drug-likeness (QED) is 0.357. The molecule has 1 saturated heterocycles.